The number of hydrogen-bond acceptors (Lipinski definition) is 5. The van der Waals surface area contributed by atoms with Gasteiger partial charge in [0.15, 0.2) is 12.4 Å². The summed E-state index contributed by atoms with van der Waals surface area (Å²) in [5.41, 5.74) is 1.57. The smallest absolute Gasteiger partial charge is 0.264 e. The fourth-order valence-electron chi connectivity index (χ4n) is 2.17. The van der Waals surface area contributed by atoms with Gasteiger partial charge in [0.2, 0.25) is 0 Å². The van der Waals surface area contributed by atoms with E-state index in [0.717, 1.165) is 11.3 Å². The normalized spacial score (nSPS) is 10.4. The number of likely N-dealkylation sites (N-methyl/N-ethyl adjacent to an activating group) is 1. The lowest BCUT2D eigenvalue weighted by molar-refractivity contribution is -0.120. The number of nitrogens with zero attached hydrogens (tertiary/aromatic N) is 3. The molecule has 0 atom stereocenters. The van der Waals surface area contributed by atoms with E-state index in [-0.39, 0.29) is 12.5 Å². The summed E-state index contributed by atoms with van der Waals surface area (Å²) in [6.07, 6.45) is 0. The van der Waals surface area contributed by atoms with Crippen LogP contribution in [0, 0.1) is 6.92 Å². The maximum absolute atomic E-state index is 12.2. The van der Waals surface area contributed by atoms with Crippen LogP contribution >= 0.6 is 0 Å². The van der Waals surface area contributed by atoms with E-state index in [9.17, 15) is 4.79 Å². The highest BCUT2D eigenvalue weighted by Crippen LogP contribution is 2.22. The highest BCUT2D eigenvalue weighted by molar-refractivity contribution is 5.93. The number of amides is 1. The van der Waals surface area contributed by atoms with E-state index in [1.54, 1.807) is 31.0 Å². The third-order valence-electron chi connectivity index (χ3n) is 3.49. The number of aryl methyl sites for hydroxylation is 1. The topological polar surface area (TPSA) is 68.5 Å². The molecule has 1 heterocycles. The van der Waals surface area contributed by atoms with Crippen LogP contribution in [0.5, 0.6) is 5.75 Å². The Hall–Kier alpha value is -3.15. The number of carbonyl (C=O) groups excluding carboxylic acids is 1. The lowest BCUT2D eigenvalue weighted by atomic mass is 10.2. The zero-order valence-corrected chi connectivity index (χ0v) is 13.5. The van der Waals surface area contributed by atoms with E-state index < -0.39 is 0 Å². The molecule has 2 aromatic carbocycles. The first-order chi connectivity index (χ1) is 11.6. The van der Waals surface area contributed by atoms with Crippen LogP contribution in [0.1, 0.15) is 5.82 Å². The molecule has 0 spiro atoms. The largest absolute Gasteiger partial charge is 0.484 e. The molecule has 6 heteroatoms. The van der Waals surface area contributed by atoms with Gasteiger partial charge in [0.25, 0.3) is 11.8 Å². The molecule has 0 aliphatic carbocycles. The molecule has 6 nitrogen and oxygen atoms in total. The molecule has 24 heavy (non-hydrogen) atoms. The summed E-state index contributed by atoms with van der Waals surface area (Å²) in [4.78, 5) is 18.0. The van der Waals surface area contributed by atoms with Gasteiger partial charge in [0, 0.05) is 18.3 Å². The van der Waals surface area contributed by atoms with Crippen molar-refractivity contribution in [2.45, 2.75) is 6.92 Å². The van der Waals surface area contributed by atoms with Crippen LogP contribution in [-0.4, -0.2) is 29.7 Å². The molecular formula is C18H17N3O3. The predicted octanol–water partition coefficient (Wildman–Crippen LogP) is 3.09. The molecule has 3 aromatic rings. The number of benzene rings is 2. The summed E-state index contributed by atoms with van der Waals surface area (Å²) in [5, 5.41) is 3.77. The molecule has 0 unspecified atom stereocenters. The van der Waals surface area contributed by atoms with Crippen LogP contribution in [0.25, 0.3) is 11.5 Å². The van der Waals surface area contributed by atoms with Gasteiger partial charge in [-0.15, -0.1) is 0 Å². The molecule has 1 amide bonds. The fraction of sp³-hybridized carbons (Fsp3) is 0.167. The van der Waals surface area contributed by atoms with E-state index in [2.05, 4.69) is 10.1 Å². The average Bonchev–Trinajstić information content (AvgIpc) is 3.06. The minimum atomic E-state index is -0.139. The van der Waals surface area contributed by atoms with E-state index in [1.165, 1.54) is 0 Å². The van der Waals surface area contributed by atoms with Gasteiger partial charge in [-0.3, -0.25) is 4.79 Å². The predicted molar refractivity (Wildman–Crippen MR) is 89.8 cm³/mol. The number of anilines is 1. The maximum Gasteiger partial charge on any atom is 0.264 e. The molecule has 122 valence electrons. The molecule has 1 aromatic heterocycles. The molecular weight excluding hydrogens is 306 g/mol. The molecule has 0 N–H and O–H groups in total. The Labute approximate surface area is 139 Å². The Morgan fingerprint density at radius 3 is 2.67 bits per heavy atom. The van der Waals surface area contributed by atoms with Crippen molar-refractivity contribution in [3.63, 3.8) is 0 Å². The summed E-state index contributed by atoms with van der Waals surface area (Å²) < 4.78 is 10.7. The van der Waals surface area contributed by atoms with Crippen LogP contribution < -0.4 is 9.64 Å². The summed E-state index contributed by atoms with van der Waals surface area (Å²) in [6.45, 7) is 1.70. The number of rotatable bonds is 5. The first-order valence-electron chi connectivity index (χ1n) is 7.48. The Bertz CT molecular complexity index is 830. The van der Waals surface area contributed by atoms with E-state index in [1.807, 2.05) is 42.5 Å². The number of ether oxygens (including phenoxy) is 1. The van der Waals surface area contributed by atoms with Crippen molar-refractivity contribution in [1.82, 2.24) is 10.1 Å². The zero-order chi connectivity index (χ0) is 16.9. The molecule has 0 saturated heterocycles. The zero-order valence-electron chi connectivity index (χ0n) is 13.5. The minimum Gasteiger partial charge on any atom is -0.484 e. The van der Waals surface area contributed by atoms with Gasteiger partial charge in [-0.1, -0.05) is 29.4 Å². The Balaban J connectivity index is 1.65. The van der Waals surface area contributed by atoms with Crippen LogP contribution in [0.3, 0.4) is 0 Å². The summed E-state index contributed by atoms with van der Waals surface area (Å²) >= 11 is 0. The second kappa shape index (κ2) is 6.95. The Kier molecular flexibility index (Phi) is 4.56. The minimum absolute atomic E-state index is 0.0578. The van der Waals surface area contributed by atoms with Gasteiger partial charge in [0.05, 0.1) is 0 Å². The first-order valence-corrected chi connectivity index (χ1v) is 7.48. The van der Waals surface area contributed by atoms with E-state index >= 15 is 0 Å². The highest BCUT2D eigenvalue weighted by Gasteiger charge is 2.12. The van der Waals surface area contributed by atoms with Crippen molar-refractivity contribution >= 4 is 11.6 Å². The van der Waals surface area contributed by atoms with Gasteiger partial charge in [0.1, 0.15) is 5.75 Å². The van der Waals surface area contributed by atoms with Crippen LogP contribution in [0.4, 0.5) is 5.69 Å². The van der Waals surface area contributed by atoms with Crippen LogP contribution in [0.15, 0.2) is 59.1 Å². The van der Waals surface area contributed by atoms with Gasteiger partial charge in [-0.25, -0.2) is 0 Å². The second-order valence-electron chi connectivity index (χ2n) is 5.25. The third-order valence-corrected chi connectivity index (χ3v) is 3.49. The van der Waals surface area contributed by atoms with Crippen molar-refractivity contribution in [2.75, 3.05) is 18.6 Å². The fourth-order valence-corrected chi connectivity index (χ4v) is 2.17. The van der Waals surface area contributed by atoms with Gasteiger partial charge >= 0.3 is 0 Å². The second-order valence-corrected chi connectivity index (χ2v) is 5.25. The van der Waals surface area contributed by atoms with Gasteiger partial charge in [-0.05, 0) is 37.3 Å². The SMILES string of the molecule is Cc1noc(-c2cccc(OCC(=O)N(C)c3ccccc3)c2)n1. The van der Waals surface area contributed by atoms with Crippen molar-refractivity contribution in [3.05, 3.63) is 60.4 Å². The monoisotopic (exact) mass is 323 g/mol. The van der Waals surface area contributed by atoms with Crippen molar-refractivity contribution in [1.29, 1.82) is 0 Å². The number of carbonyl (C=O) groups is 1. The molecule has 0 aliphatic heterocycles. The third kappa shape index (κ3) is 3.60. The van der Waals surface area contributed by atoms with Crippen molar-refractivity contribution in [3.8, 4) is 17.2 Å². The van der Waals surface area contributed by atoms with Crippen LogP contribution in [0.2, 0.25) is 0 Å². The van der Waals surface area contributed by atoms with Crippen molar-refractivity contribution in [2.24, 2.45) is 0 Å². The summed E-state index contributed by atoms with van der Waals surface area (Å²) in [6, 6.07) is 16.6. The quantitative estimate of drug-likeness (QED) is 0.722. The molecule has 0 saturated carbocycles. The molecule has 0 fully saturated rings. The van der Waals surface area contributed by atoms with E-state index in [0.29, 0.717) is 17.5 Å². The summed E-state index contributed by atoms with van der Waals surface area (Å²) in [7, 11) is 1.72. The number of hydrogen-bond donors (Lipinski definition) is 0. The molecule has 0 bridgehead atoms. The average molecular weight is 323 g/mol. The van der Waals surface area contributed by atoms with Gasteiger partial charge in [-0.2, -0.15) is 4.98 Å². The van der Waals surface area contributed by atoms with Crippen LogP contribution in [-0.2, 0) is 4.79 Å². The molecule has 0 aliphatic rings. The Morgan fingerprint density at radius 2 is 1.96 bits per heavy atom. The number of para-hydroxylation sites is 1. The van der Waals surface area contributed by atoms with E-state index in [4.69, 9.17) is 9.26 Å². The lowest BCUT2D eigenvalue weighted by Gasteiger charge is -2.17. The number of aromatic nitrogens is 2. The van der Waals surface area contributed by atoms with Gasteiger partial charge < -0.3 is 14.2 Å². The molecule has 3 rings (SSSR count). The highest BCUT2D eigenvalue weighted by atomic mass is 16.5. The molecule has 0 radical (unpaired) electrons. The summed E-state index contributed by atoms with van der Waals surface area (Å²) in [5.74, 6) is 1.42. The maximum atomic E-state index is 12.2. The first kappa shape index (κ1) is 15.7. The van der Waals surface area contributed by atoms with Crippen molar-refractivity contribution < 1.29 is 14.1 Å². The lowest BCUT2D eigenvalue weighted by Crippen LogP contribution is -2.31. The Morgan fingerprint density at radius 1 is 1.17 bits per heavy atom. The standard InChI is InChI=1S/C18H17N3O3/c1-13-19-18(24-20-13)14-7-6-10-16(11-14)23-12-17(22)21(2)15-8-4-3-5-9-15/h3-11H,12H2,1-2H3.